The van der Waals surface area contributed by atoms with Crippen LogP contribution in [-0.2, 0) is 4.79 Å². The molecule has 146 valence electrons. The Bertz CT molecular complexity index is 684. The quantitative estimate of drug-likeness (QED) is 0.728. The number of aliphatic hydroxyl groups excluding tert-OH is 1. The molecule has 27 heavy (non-hydrogen) atoms. The highest BCUT2D eigenvalue weighted by atomic mass is 16.3. The Morgan fingerprint density at radius 2 is 1.85 bits per heavy atom. The number of aromatic nitrogens is 1. The van der Waals surface area contributed by atoms with Gasteiger partial charge in [-0.05, 0) is 25.0 Å². The van der Waals surface area contributed by atoms with E-state index in [1.54, 1.807) is 6.20 Å². The number of piperazine rings is 1. The average Bonchev–Trinajstić information content (AvgIpc) is 3.24. The van der Waals surface area contributed by atoms with E-state index in [0.717, 1.165) is 44.8 Å². The maximum atomic E-state index is 12.7. The zero-order chi connectivity index (χ0) is 18.9. The first-order valence-corrected chi connectivity index (χ1v) is 9.78. The Morgan fingerprint density at radius 3 is 2.52 bits per heavy atom. The lowest BCUT2D eigenvalue weighted by atomic mass is 9.98. The van der Waals surface area contributed by atoms with Gasteiger partial charge in [0.2, 0.25) is 0 Å². The SMILES string of the molecule is O=C1NC2(CCCC2)C(=O)N1C[C@H](O)CN1CCN(c2ccccn2)CC1. The molecule has 1 saturated carbocycles. The van der Waals surface area contributed by atoms with Gasteiger partial charge in [0.15, 0.2) is 0 Å². The molecule has 4 rings (SSSR count). The second-order valence-corrected chi connectivity index (χ2v) is 7.76. The first-order valence-electron chi connectivity index (χ1n) is 9.78. The van der Waals surface area contributed by atoms with Gasteiger partial charge in [-0.2, -0.15) is 0 Å². The highest BCUT2D eigenvalue weighted by molar-refractivity contribution is 6.07. The van der Waals surface area contributed by atoms with Crippen LogP contribution < -0.4 is 10.2 Å². The molecule has 3 heterocycles. The van der Waals surface area contributed by atoms with Crippen molar-refractivity contribution < 1.29 is 14.7 Å². The van der Waals surface area contributed by atoms with Crippen LogP contribution in [0.2, 0.25) is 0 Å². The summed E-state index contributed by atoms with van der Waals surface area (Å²) in [4.78, 5) is 34.9. The van der Waals surface area contributed by atoms with Crippen molar-refractivity contribution in [2.75, 3.05) is 44.2 Å². The van der Waals surface area contributed by atoms with Crippen LogP contribution in [0, 0.1) is 0 Å². The Balaban J connectivity index is 1.27. The van der Waals surface area contributed by atoms with E-state index < -0.39 is 11.6 Å². The number of carbonyl (C=O) groups excluding carboxylic acids is 2. The lowest BCUT2D eigenvalue weighted by Crippen LogP contribution is -2.51. The van der Waals surface area contributed by atoms with Crippen LogP contribution in [0.3, 0.4) is 0 Å². The molecule has 1 aromatic heterocycles. The molecule has 2 aliphatic heterocycles. The van der Waals surface area contributed by atoms with Crippen LogP contribution in [0.4, 0.5) is 10.6 Å². The average molecular weight is 373 g/mol. The number of amides is 3. The third-order valence-corrected chi connectivity index (χ3v) is 5.91. The fourth-order valence-corrected chi connectivity index (χ4v) is 4.43. The van der Waals surface area contributed by atoms with Gasteiger partial charge >= 0.3 is 6.03 Å². The third-order valence-electron chi connectivity index (χ3n) is 5.91. The highest BCUT2D eigenvalue weighted by Crippen LogP contribution is 2.35. The first kappa shape index (κ1) is 18.2. The Morgan fingerprint density at radius 1 is 1.11 bits per heavy atom. The molecule has 0 radical (unpaired) electrons. The minimum absolute atomic E-state index is 0.0624. The van der Waals surface area contributed by atoms with Crippen molar-refractivity contribution in [2.45, 2.75) is 37.3 Å². The summed E-state index contributed by atoms with van der Waals surface area (Å²) in [6.07, 6.45) is 4.39. The van der Waals surface area contributed by atoms with Gasteiger partial charge in [-0.1, -0.05) is 18.9 Å². The van der Waals surface area contributed by atoms with Crippen molar-refractivity contribution in [1.82, 2.24) is 20.1 Å². The van der Waals surface area contributed by atoms with Gasteiger partial charge in [0.05, 0.1) is 12.6 Å². The predicted octanol–water partition coefficient (Wildman–Crippen LogP) is 0.429. The van der Waals surface area contributed by atoms with E-state index in [1.807, 2.05) is 18.2 Å². The molecule has 1 aromatic rings. The van der Waals surface area contributed by atoms with E-state index in [0.29, 0.717) is 19.4 Å². The molecule has 8 heteroatoms. The maximum Gasteiger partial charge on any atom is 0.325 e. The molecule has 0 unspecified atom stereocenters. The number of rotatable bonds is 5. The molecule has 1 aliphatic carbocycles. The zero-order valence-corrected chi connectivity index (χ0v) is 15.5. The van der Waals surface area contributed by atoms with Crippen LogP contribution in [-0.4, -0.2) is 82.7 Å². The van der Waals surface area contributed by atoms with E-state index in [2.05, 4.69) is 20.1 Å². The number of β-amino-alcohol motifs (C(OH)–C–C–N with tert-alkyl or cyclic N) is 1. The molecule has 3 fully saturated rings. The summed E-state index contributed by atoms with van der Waals surface area (Å²) < 4.78 is 0. The van der Waals surface area contributed by atoms with Crippen LogP contribution in [0.25, 0.3) is 0 Å². The van der Waals surface area contributed by atoms with Crippen LogP contribution in [0.5, 0.6) is 0 Å². The van der Waals surface area contributed by atoms with E-state index in [4.69, 9.17) is 0 Å². The molecule has 0 aromatic carbocycles. The molecule has 0 bridgehead atoms. The van der Waals surface area contributed by atoms with E-state index in [1.165, 1.54) is 4.90 Å². The molecule has 2 N–H and O–H groups in total. The smallest absolute Gasteiger partial charge is 0.325 e. The summed E-state index contributed by atoms with van der Waals surface area (Å²) in [7, 11) is 0. The topological polar surface area (TPSA) is 89.0 Å². The number of anilines is 1. The van der Waals surface area contributed by atoms with Crippen molar-refractivity contribution >= 4 is 17.8 Å². The first-order chi connectivity index (χ1) is 13.1. The van der Waals surface area contributed by atoms with Gasteiger partial charge in [0, 0.05) is 38.9 Å². The summed E-state index contributed by atoms with van der Waals surface area (Å²) >= 11 is 0. The largest absolute Gasteiger partial charge is 0.390 e. The normalized spacial score (nSPS) is 23.9. The molecule has 2 saturated heterocycles. The van der Waals surface area contributed by atoms with Crippen molar-refractivity contribution in [1.29, 1.82) is 0 Å². The number of carbonyl (C=O) groups is 2. The summed E-state index contributed by atoms with van der Waals surface area (Å²) in [5, 5.41) is 13.3. The zero-order valence-electron chi connectivity index (χ0n) is 15.5. The summed E-state index contributed by atoms with van der Waals surface area (Å²) in [5.74, 6) is 0.808. The highest BCUT2D eigenvalue weighted by Gasteiger charge is 2.52. The standard InChI is InChI=1S/C19H27N5O3/c25-15(14-24-17(26)19(21-18(24)27)6-2-3-7-19)13-22-9-11-23(12-10-22)16-5-1-4-8-20-16/h1,4-5,8,15,25H,2-3,6-7,9-14H2,(H,21,27)/t15-/m1/s1. The van der Waals surface area contributed by atoms with Crippen LogP contribution in [0.1, 0.15) is 25.7 Å². The fourth-order valence-electron chi connectivity index (χ4n) is 4.43. The predicted molar refractivity (Wildman–Crippen MR) is 100 cm³/mol. The van der Waals surface area contributed by atoms with Gasteiger partial charge in [0.1, 0.15) is 11.4 Å². The van der Waals surface area contributed by atoms with Crippen molar-refractivity contribution in [2.24, 2.45) is 0 Å². The van der Waals surface area contributed by atoms with E-state index in [9.17, 15) is 14.7 Å². The number of hydrogen-bond donors (Lipinski definition) is 2. The monoisotopic (exact) mass is 373 g/mol. The number of nitrogens with one attached hydrogen (secondary N) is 1. The number of urea groups is 1. The lowest BCUT2D eigenvalue weighted by molar-refractivity contribution is -0.132. The summed E-state index contributed by atoms with van der Waals surface area (Å²) in [5.41, 5.74) is -0.703. The number of hydrogen-bond acceptors (Lipinski definition) is 6. The molecule has 3 aliphatic rings. The molecular weight excluding hydrogens is 346 g/mol. The van der Waals surface area contributed by atoms with Gasteiger partial charge < -0.3 is 15.3 Å². The Hall–Kier alpha value is -2.19. The number of imide groups is 1. The Kier molecular flexibility index (Phi) is 5.01. The molecular formula is C19H27N5O3. The van der Waals surface area contributed by atoms with E-state index >= 15 is 0 Å². The third kappa shape index (κ3) is 3.64. The maximum absolute atomic E-state index is 12.7. The molecule has 8 nitrogen and oxygen atoms in total. The van der Waals surface area contributed by atoms with Gasteiger partial charge in [0.25, 0.3) is 5.91 Å². The van der Waals surface area contributed by atoms with Gasteiger partial charge in [-0.25, -0.2) is 9.78 Å². The lowest BCUT2D eigenvalue weighted by Gasteiger charge is -2.36. The summed E-state index contributed by atoms with van der Waals surface area (Å²) in [6, 6.07) is 5.52. The second-order valence-electron chi connectivity index (χ2n) is 7.76. The number of nitrogens with zero attached hydrogens (tertiary/aromatic N) is 4. The minimum Gasteiger partial charge on any atom is -0.390 e. The Labute approximate surface area is 159 Å². The fraction of sp³-hybridized carbons (Fsp3) is 0.632. The molecule has 1 spiro atoms. The van der Waals surface area contributed by atoms with Gasteiger partial charge in [-0.3, -0.25) is 14.6 Å². The van der Waals surface area contributed by atoms with Crippen LogP contribution >= 0.6 is 0 Å². The van der Waals surface area contributed by atoms with Crippen molar-refractivity contribution in [3.8, 4) is 0 Å². The number of pyridine rings is 1. The minimum atomic E-state index is -0.738. The second kappa shape index (κ2) is 7.44. The van der Waals surface area contributed by atoms with Crippen LogP contribution in [0.15, 0.2) is 24.4 Å². The van der Waals surface area contributed by atoms with Crippen molar-refractivity contribution in [3.63, 3.8) is 0 Å². The summed E-state index contributed by atoms with van der Waals surface area (Å²) in [6.45, 7) is 3.84. The van der Waals surface area contributed by atoms with Gasteiger partial charge in [-0.15, -0.1) is 0 Å². The van der Waals surface area contributed by atoms with E-state index in [-0.39, 0.29) is 18.5 Å². The number of aliphatic hydroxyl groups is 1. The molecule has 1 atom stereocenters. The van der Waals surface area contributed by atoms with Crippen molar-refractivity contribution in [3.05, 3.63) is 24.4 Å². The molecule has 3 amide bonds.